The third-order valence-corrected chi connectivity index (χ3v) is 4.95. The number of imide groups is 1. The Morgan fingerprint density at radius 2 is 1.88 bits per heavy atom. The fourth-order valence-corrected chi connectivity index (χ4v) is 2.69. The molecule has 150 valence electrons. The highest BCUT2D eigenvalue weighted by Gasteiger charge is 2.37. The quantitative estimate of drug-likeness (QED) is 0.520. The van der Waals surface area contributed by atoms with Gasteiger partial charge in [-0.1, -0.05) is 0 Å². The molecule has 0 aromatic rings. The van der Waals surface area contributed by atoms with Gasteiger partial charge >= 0.3 is 0 Å². The molecule has 0 aromatic heterocycles. The molecule has 1 aliphatic rings. The fourth-order valence-electron chi connectivity index (χ4n) is 2.69. The van der Waals surface area contributed by atoms with Gasteiger partial charge in [0, 0.05) is 31.0 Å². The summed E-state index contributed by atoms with van der Waals surface area (Å²) in [5.41, 5.74) is 4.31. The smallest absolute Gasteiger partial charge is 0.252 e. The van der Waals surface area contributed by atoms with Gasteiger partial charge in [-0.2, -0.15) is 0 Å². The van der Waals surface area contributed by atoms with E-state index in [2.05, 4.69) is 5.32 Å². The van der Waals surface area contributed by atoms with Crippen molar-refractivity contribution >= 4 is 11.8 Å². The molecule has 0 atom stereocenters. The van der Waals surface area contributed by atoms with Crippen molar-refractivity contribution in [3.05, 3.63) is 11.8 Å². The molecule has 4 N–H and O–H groups in total. The molecule has 0 spiro atoms. The average Bonchev–Trinajstić information content (AvgIpc) is 2.59. The van der Waals surface area contributed by atoms with E-state index in [9.17, 15) is 9.59 Å². The van der Waals surface area contributed by atoms with Crippen molar-refractivity contribution in [1.29, 1.82) is 0 Å². The number of amides is 2. The first-order valence-corrected chi connectivity index (χ1v) is 8.91. The zero-order chi connectivity index (χ0) is 20.0. The monoisotopic (exact) mass is 371 g/mol. The number of rotatable bonds is 8. The lowest BCUT2D eigenvalue weighted by atomic mass is 9.96. The van der Waals surface area contributed by atoms with Crippen LogP contribution in [0.5, 0.6) is 0 Å². The zero-order valence-electron chi connectivity index (χ0n) is 16.5. The first-order chi connectivity index (χ1) is 12.0. The number of ether oxygens (including phenoxy) is 2. The van der Waals surface area contributed by atoms with Crippen LogP contribution >= 0.6 is 0 Å². The number of nitrogens with two attached hydrogens (primary N) is 1. The molecule has 0 unspecified atom stereocenters. The molecule has 1 heterocycles. The van der Waals surface area contributed by atoms with Crippen LogP contribution in [0.1, 0.15) is 40.5 Å². The molecule has 0 aliphatic carbocycles. The van der Waals surface area contributed by atoms with Crippen molar-refractivity contribution < 1.29 is 24.2 Å². The number of nitrogens with one attached hydrogen (secondary N) is 1. The van der Waals surface area contributed by atoms with Gasteiger partial charge in [0.15, 0.2) is 0 Å². The fraction of sp³-hybridized carbons (Fsp3) is 0.778. The van der Waals surface area contributed by atoms with Crippen LogP contribution in [0.4, 0.5) is 0 Å². The highest BCUT2D eigenvalue weighted by Crippen LogP contribution is 2.22. The maximum atomic E-state index is 12.6. The van der Waals surface area contributed by atoms with E-state index in [4.69, 9.17) is 20.3 Å². The van der Waals surface area contributed by atoms with E-state index in [0.717, 1.165) is 18.9 Å². The van der Waals surface area contributed by atoms with Crippen LogP contribution in [0.2, 0.25) is 0 Å². The molecule has 0 radical (unpaired) electrons. The number of carbonyl (C=O) groups excluding carboxylic acids is 2. The summed E-state index contributed by atoms with van der Waals surface area (Å²) in [5, 5.41) is 11.2. The van der Waals surface area contributed by atoms with Crippen LogP contribution < -0.4 is 11.1 Å². The second-order valence-electron chi connectivity index (χ2n) is 7.51. The number of hydrogen-bond donors (Lipinski definition) is 3. The second-order valence-corrected chi connectivity index (χ2v) is 7.51. The van der Waals surface area contributed by atoms with E-state index in [-0.39, 0.29) is 25.0 Å². The Hall–Kier alpha value is -1.48. The molecule has 2 amide bonds. The minimum atomic E-state index is -0.919. The summed E-state index contributed by atoms with van der Waals surface area (Å²) in [4.78, 5) is 26.8. The lowest BCUT2D eigenvalue weighted by Crippen LogP contribution is -2.58. The minimum Gasteiger partial charge on any atom is -0.400 e. The maximum Gasteiger partial charge on any atom is 0.252 e. The minimum absolute atomic E-state index is 0.102. The number of likely N-dealkylation sites (N-methyl/N-ethyl adjacent to an activating group) is 1. The molecule has 1 aliphatic heterocycles. The summed E-state index contributed by atoms with van der Waals surface area (Å²) in [6.45, 7) is 8.25. The van der Waals surface area contributed by atoms with Crippen LogP contribution in [-0.4, -0.2) is 72.5 Å². The van der Waals surface area contributed by atoms with Gasteiger partial charge in [0.2, 0.25) is 5.91 Å². The van der Waals surface area contributed by atoms with Crippen LogP contribution in [0, 0.1) is 0 Å². The van der Waals surface area contributed by atoms with E-state index < -0.39 is 23.0 Å². The van der Waals surface area contributed by atoms with E-state index in [1.54, 1.807) is 27.7 Å². The van der Waals surface area contributed by atoms with Gasteiger partial charge in [0.25, 0.3) is 5.91 Å². The third kappa shape index (κ3) is 6.05. The van der Waals surface area contributed by atoms with E-state index in [0.29, 0.717) is 13.2 Å². The first kappa shape index (κ1) is 22.6. The van der Waals surface area contributed by atoms with E-state index in [1.165, 1.54) is 0 Å². The number of nitrogens with zero attached hydrogens (tertiary/aromatic N) is 1. The molecule has 0 saturated carbocycles. The summed E-state index contributed by atoms with van der Waals surface area (Å²) in [6, 6.07) is 0.228. The number of hydrogen-bond acceptors (Lipinski definition) is 7. The van der Waals surface area contributed by atoms with Gasteiger partial charge in [-0.3, -0.25) is 19.8 Å². The second kappa shape index (κ2) is 9.45. The Balaban J connectivity index is 2.72. The molecule has 0 bridgehead atoms. The average molecular weight is 371 g/mol. The topological polar surface area (TPSA) is 114 Å². The first-order valence-electron chi connectivity index (χ1n) is 8.91. The molecule has 0 aromatic carbocycles. The summed E-state index contributed by atoms with van der Waals surface area (Å²) >= 11 is 0. The molecule has 1 fully saturated rings. The molecule has 8 nitrogen and oxygen atoms in total. The van der Waals surface area contributed by atoms with Crippen LogP contribution in [-0.2, 0) is 19.1 Å². The predicted octanol–water partition coefficient (Wildman–Crippen LogP) is 0.149. The highest BCUT2D eigenvalue weighted by molar-refractivity contribution is 6.04. The lowest BCUT2D eigenvalue weighted by Gasteiger charge is -2.41. The van der Waals surface area contributed by atoms with Crippen molar-refractivity contribution in [2.24, 2.45) is 5.73 Å². The SMILES string of the molecule is CN(C1CCOCC1)C(C)(C)C(=O)NC(=O)C=C(N)C(C)(C)OCCO. The normalized spacial score (nSPS) is 17.4. The Morgan fingerprint density at radius 1 is 1.31 bits per heavy atom. The van der Waals surface area contributed by atoms with Gasteiger partial charge < -0.3 is 20.3 Å². The van der Waals surface area contributed by atoms with Gasteiger partial charge in [0.1, 0.15) is 5.60 Å². The number of carbonyl (C=O) groups is 2. The molecule has 1 saturated heterocycles. The predicted molar refractivity (Wildman–Crippen MR) is 98.2 cm³/mol. The summed E-state index contributed by atoms with van der Waals surface area (Å²) in [6.07, 6.45) is 2.86. The molecular weight excluding hydrogens is 338 g/mol. The van der Waals surface area contributed by atoms with E-state index >= 15 is 0 Å². The molecule has 1 rings (SSSR count). The summed E-state index contributed by atoms with van der Waals surface area (Å²) in [7, 11) is 1.89. The Morgan fingerprint density at radius 3 is 2.42 bits per heavy atom. The largest absolute Gasteiger partial charge is 0.400 e. The molecule has 26 heavy (non-hydrogen) atoms. The van der Waals surface area contributed by atoms with Gasteiger partial charge in [-0.15, -0.1) is 0 Å². The van der Waals surface area contributed by atoms with Crippen LogP contribution in [0.15, 0.2) is 11.8 Å². The van der Waals surface area contributed by atoms with Crippen molar-refractivity contribution in [1.82, 2.24) is 10.2 Å². The van der Waals surface area contributed by atoms with Crippen molar-refractivity contribution in [3.63, 3.8) is 0 Å². The Bertz CT molecular complexity index is 525. The van der Waals surface area contributed by atoms with Crippen LogP contribution in [0.3, 0.4) is 0 Å². The standard InChI is InChI=1S/C18H33N3O5/c1-17(2,21(5)13-6-9-25-10-7-13)16(24)20-15(23)12-14(19)18(3,4)26-11-8-22/h12-13,22H,6-11,19H2,1-5H3,(H,20,23,24). The summed E-state index contributed by atoms with van der Waals surface area (Å²) in [5.74, 6) is -0.990. The van der Waals surface area contributed by atoms with E-state index in [1.807, 2.05) is 11.9 Å². The maximum absolute atomic E-state index is 12.6. The molecule has 8 heteroatoms. The Labute approximate surface area is 155 Å². The summed E-state index contributed by atoms with van der Waals surface area (Å²) < 4.78 is 10.8. The number of aliphatic hydroxyl groups is 1. The van der Waals surface area contributed by atoms with Gasteiger partial charge in [0.05, 0.1) is 18.8 Å². The van der Waals surface area contributed by atoms with Crippen molar-refractivity contribution in [2.75, 3.05) is 33.5 Å². The lowest BCUT2D eigenvalue weighted by molar-refractivity contribution is -0.137. The van der Waals surface area contributed by atoms with Crippen molar-refractivity contribution in [3.8, 4) is 0 Å². The number of aliphatic hydroxyl groups excluding tert-OH is 1. The van der Waals surface area contributed by atoms with Gasteiger partial charge in [-0.25, -0.2) is 0 Å². The Kier molecular flexibility index (Phi) is 8.20. The zero-order valence-corrected chi connectivity index (χ0v) is 16.5. The molecular formula is C18H33N3O5. The van der Waals surface area contributed by atoms with Crippen molar-refractivity contribution in [2.45, 2.75) is 57.7 Å². The third-order valence-electron chi connectivity index (χ3n) is 4.95. The highest BCUT2D eigenvalue weighted by atomic mass is 16.5. The van der Waals surface area contributed by atoms with Crippen LogP contribution in [0.25, 0.3) is 0 Å². The van der Waals surface area contributed by atoms with Gasteiger partial charge in [-0.05, 0) is 47.6 Å².